The highest BCUT2D eigenvalue weighted by Crippen LogP contribution is 2.45. The number of thiazole rings is 1. The Morgan fingerprint density at radius 2 is 1.86 bits per heavy atom. The van der Waals surface area contributed by atoms with Gasteiger partial charge in [0.05, 0.1) is 27.5 Å². The van der Waals surface area contributed by atoms with Crippen LogP contribution in [0.3, 0.4) is 0 Å². The number of fused-ring (bicyclic) bond motifs is 1. The van der Waals surface area contributed by atoms with E-state index in [1.54, 1.807) is 16.3 Å². The Morgan fingerprint density at radius 1 is 1.16 bits per heavy atom. The van der Waals surface area contributed by atoms with Gasteiger partial charge in [-0.2, -0.15) is 5.10 Å². The Labute approximate surface area is 268 Å². The summed E-state index contributed by atoms with van der Waals surface area (Å²) >= 11 is 7.86. The predicted octanol–water partition coefficient (Wildman–Crippen LogP) is 7.72. The maximum Gasteiger partial charge on any atom is 0.337 e. The van der Waals surface area contributed by atoms with Gasteiger partial charge in [0.2, 0.25) is 0 Å². The molecule has 10 heteroatoms. The fraction of sp³-hybridized carbons (Fsp3) is 0.382. The van der Waals surface area contributed by atoms with E-state index in [1.807, 2.05) is 65.1 Å². The number of ether oxygens (including phenoxy) is 1. The third-order valence-corrected chi connectivity index (χ3v) is 9.49. The van der Waals surface area contributed by atoms with Gasteiger partial charge < -0.3 is 14.7 Å². The van der Waals surface area contributed by atoms with E-state index in [0.29, 0.717) is 10.6 Å². The normalized spacial score (nSPS) is 16.7. The van der Waals surface area contributed by atoms with Crippen LogP contribution in [0, 0.1) is 13.8 Å². The van der Waals surface area contributed by atoms with Crippen molar-refractivity contribution >= 4 is 56.7 Å². The molecule has 0 amide bonds. The lowest BCUT2D eigenvalue weighted by molar-refractivity contribution is -0.160. The van der Waals surface area contributed by atoms with Crippen molar-refractivity contribution in [3.63, 3.8) is 0 Å². The molecule has 1 aromatic heterocycles. The van der Waals surface area contributed by atoms with Gasteiger partial charge in [0.1, 0.15) is 0 Å². The van der Waals surface area contributed by atoms with E-state index in [4.69, 9.17) is 21.3 Å². The summed E-state index contributed by atoms with van der Waals surface area (Å²) in [5.41, 5.74) is 6.75. The summed E-state index contributed by atoms with van der Waals surface area (Å²) < 4.78 is 7.10. The number of benzene rings is 3. The van der Waals surface area contributed by atoms with Gasteiger partial charge in [-0.1, -0.05) is 47.2 Å². The van der Waals surface area contributed by atoms with Crippen molar-refractivity contribution in [3.8, 4) is 11.1 Å². The molecule has 232 valence electrons. The number of aliphatic carboxylic acids is 1. The molecule has 5 rings (SSSR count). The third-order valence-electron chi connectivity index (χ3n) is 8.09. The number of rotatable bonds is 8. The molecule has 1 saturated heterocycles. The highest BCUT2D eigenvalue weighted by Gasteiger charge is 2.33. The molecule has 1 N–H and O–H groups in total. The lowest BCUT2D eigenvalue weighted by Gasteiger charge is -2.39. The summed E-state index contributed by atoms with van der Waals surface area (Å²) in [6, 6.07) is 16.2. The second kappa shape index (κ2) is 12.5. The van der Waals surface area contributed by atoms with Gasteiger partial charge in [0, 0.05) is 49.5 Å². The predicted molar refractivity (Wildman–Crippen MR) is 183 cm³/mol. The minimum Gasteiger partial charge on any atom is -0.479 e. The van der Waals surface area contributed by atoms with Crippen molar-refractivity contribution < 1.29 is 14.6 Å². The Kier molecular flexibility index (Phi) is 9.05. The molecular weight excluding hydrogens is 594 g/mol. The summed E-state index contributed by atoms with van der Waals surface area (Å²) in [6.07, 6.45) is -1.15. The van der Waals surface area contributed by atoms with E-state index in [0.717, 1.165) is 62.9 Å². The zero-order chi connectivity index (χ0) is 31.9. The molecule has 1 fully saturated rings. The first-order valence-corrected chi connectivity index (χ1v) is 15.8. The highest BCUT2D eigenvalue weighted by atomic mass is 35.5. The average Bonchev–Trinajstić information content (AvgIpc) is 3.38. The lowest BCUT2D eigenvalue weighted by atomic mass is 9.91. The fourth-order valence-corrected chi connectivity index (χ4v) is 7.18. The zero-order valence-corrected chi connectivity index (χ0v) is 28.0. The minimum absolute atomic E-state index is 0.176. The van der Waals surface area contributed by atoms with Crippen LogP contribution in [-0.2, 0) is 9.53 Å². The standard InChI is InChI=1S/C34H40ClN5O3S/c1-20-17-23(11-14-26(20)39(8)36-6)27-19-40(16-15-38(27)7)33-37-25-18-21(2)28(30(32(41)42)43-34(3,4)5)29(31(25)44-33)22-9-12-24(35)13-10-22/h9-14,17-18,27,30H,6,15-16,19H2,1-5,7-8H3,(H,41,42)/t27-,30-/m0/s1. The van der Waals surface area contributed by atoms with Gasteiger partial charge >= 0.3 is 5.97 Å². The second-order valence-electron chi connectivity index (χ2n) is 12.4. The number of carbonyl (C=O) groups is 1. The van der Waals surface area contributed by atoms with Crippen LogP contribution in [0.15, 0.2) is 53.6 Å². The van der Waals surface area contributed by atoms with E-state index >= 15 is 0 Å². The average molecular weight is 634 g/mol. The van der Waals surface area contributed by atoms with Crippen molar-refractivity contribution in [1.82, 2.24) is 9.88 Å². The van der Waals surface area contributed by atoms with Crippen molar-refractivity contribution in [3.05, 3.63) is 75.8 Å². The van der Waals surface area contributed by atoms with Gasteiger partial charge in [-0.3, -0.25) is 9.91 Å². The molecule has 0 radical (unpaired) electrons. The molecule has 1 aliphatic rings. The van der Waals surface area contributed by atoms with E-state index in [1.165, 1.54) is 5.56 Å². The van der Waals surface area contributed by atoms with Crippen molar-refractivity contribution in [2.45, 2.75) is 52.4 Å². The molecule has 1 aliphatic heterocycles. The van der Waals surface area contributed by atoms with Gasteiger partial charge in [-0.15, -0.1) is 0 Å². The molecule has 0 unspecified atom stereocenters. The molecular formula is C34H40ClN5O3S. The summed E-state index contributed by atoms with van der Waals surface area (Å²) in [7, 11) is 4.06. The van der Waals surface area contributed by atoms with Crippen LogP contribution >= 0.6 is 22.9 Å². The number of piperazine rings is 1. The van der Waals surface area contributed by atoms with Gasteiger partial charge in [0.15, 0.2) is 11.2 Å². The summed E-state index contributed by atoms with van der Waals surface area (Å²) in [4.78, 5) is 22.5. The van der Waals surface area contributed by atoms with Crippen molar-refractivity contribution in [2.24, 2.45) is 5.10 Å². The van der Waals surface area contributed by atoms with E-state index in [9.17, 15) is 9.90 Å². The maximum absolute atomic E-state index is 12.7. The number of halogens is 1. The Morgan fingerprint density at radius 3 is 2.48 bits per heavy atom. The molecule has 2 atom stereocenters. The van der Waals surface area contributed by atoms with E-state index in [-0.39, 0.29) is 6.04 Å². The number of anilines is 2. The van der Waals surface area contributed by atoms with Crippen LogP contribution in [-0.4, -0.2) is 67.0 Å². The van der Waals surface area contributed by atoms with Crippen molar-refractivity contribution in [2.75, 3.05) is 43.6 Å². The monoisotopic (exact) mass is 633 g/mol. The number of carboxylic acids is 1. The maximum atomic E-state index is 12.7. The lowest BCUT2D eigenvalue weighted by Crippen LogP contribution is -2.46. The number of hydrogen-bond acceptors (Lipinski definition) is 8. The Hall–Kier alpha value is -3.50. The SMILES string of the molecule is C=NN(C)c1ccc([C@@H]2CN(c3nc4cc(C)c([C@H](OC(C)(C)C)C(=O)O)c(-c5ccc(Cl)cc5)c4s3)CCN2C)cc1C. The number of aromatic nitrogens is 1. The Bertz CT molecular complexity index is 1700. The topological polar surface area (TPSA) is 81.5 Å². The first-order valence-electron chi connectivity index (χ1n) is 14.6. The van der Waals surface area contributed by atoms with Crippen LogP contribution in [0.4, 0.5) is 10.8 Å². The van der Waals surface area contributed by atoms with E-state index in [2.05, 4.69) is 53.8 Å². The third kappa shape index (κ3) is 6.47. The molecule has 44 heavy (non-hydrogen) atoms. The molecule has 2 heterocycles. The quantitative estimate of drug-likeness (QED) is 0.157. The van der Waals surface area contributed by atoms with Crippen molar-refractivity contribution in [1.29, 1.82) is 0 Å². The Balaban J connectivity index is 1.60. The number of likely N-dealkylation sites (N-methyl/N-ethyl adjacent to an activating group) is 1. The van der Waals surface area contributed by atoms with Crippen LogP contribution in [0.2, 0.25) is 5.02 Å². The number of hydrazone groups is 1. The van der Waals surface area contributed by atoms with Gasteiger partial charge in [-0.05, 0) is 88.2 Å². The number of hydrogen-bond donors (Lipinski definition) is 1. The molecule has 0 bridgehead atoms. The smallest absolute Gasteiger partial charge is 0.337 e. The summed E-state index contributed by atoms with van der Waals surface area (Å²) in [5, 5.41) is 17.7. The first kappa shape index (κ1) is 31.9. The fourth-order valence-electron chi connectivity index (χ4n) is 5.89. The largest absolute Gasteiger partial charge is 0.479 e. The zero-order valence-electron chi connectivity index (χ0n) is 26.4. The van der Waals surface area contributed by atoms with Gasteiger partial charge in [0.25, 0.3) is 0 Å². The molecule has 0 aliphatic carbocycles. The highest BCUT2D eigenvalue weighted by molar-refractivity contribution is 7.22. The van der Waals surface area contributed by atoms with Crippen LogP contribution in [0.1, 0.15) is 55.2 Å². The van der Waals surface area contributed by atoms with Crippen LogP contribution in [0.5, 0.6) is 0 Å². The summed E-state index contributed by atoms with van der Waals surface area (Å²) in [5.74, 6) is -1.03. The van der Waals surface area contributed by atoms with Crippen LogP contribution in [0.25, 0.3) is 21.3 Å². The first-order chi connectivity index (χ1) is 20.8. The number of aryl methyl sites for hydroxylation is 2. The second-order valence-corrected chi connectivity index (χ2v) is 13.8. The van der Waals surface area contributed by atoms with Crippen LogP contribution < -0.4 is 9.91 Å². The number of carboxylic acid groups (broad SMARTS) is 1. The molecule has 0 saturated carbocycles. The van der Waals surface area contributed by atoms with E-state index < -0.39 is 17.7 Å². The molecule has 3 aromatic carbocycles. The molecule has 4 aromatic rings. The van der Waals surface area contributed by atoms with Gasteiger partial charge in [-0.25, -0.2) is 9.78 Å². The summed E-state index contributed by atoms with van der Waals surface area (Å²) in [6.45, 7) is 15.8. The molecule has 8 nitrogen and oxygen atoms in total. The molecule has 0 spiro atoms. The minimum atomic E-state index is -1.15. The number of nitrogens with zero attached hydrogens (tertiary/aromatic N) is 5.